The molecule has 5 heteroatoms. The number of nitrogens with one attached hydrogen (secondary N) is 1. The van der Waals surface area contributed by atoms with E-state index in [1.165, 1.54) is 0 Å². The number of para-hydroxylation sites is 1. The number of likely N-dealkylation sites (N-methyl/N-ethyl adjacent to an activating group) is 1. The predicted octanol–water partition coefficient (Wildman–Crippen LogP) is 4.52. The molecule has 0 bridgehead atoms. The molecule has 0 aliphatic carbocycles. The van der Waals surface area contributed by atoms with Crippen LogP contribution in [-0.2, 0) is 0 Å². The van der Waals surface area contributed by atoms with E-state index in [0.29, 0.717) is 17.9 Å². The Labute approximate surface area is 171 Å². The van der Waals surface area contributed by atoms with Crippen LogP contribution in [0.15, 0.2) is 78.9 Å². The van der Waals surface area contributed by atoms with E-state index in [4.69, 9.17) is 9.47 Å². The zero-order valence-corrected chi connectivity index (χ0v) is 17.0. The van der Waals surface area contributed by atoms with Gasteiger partial charge in [-0.15, -0.1) is 0 Å². The number of ether oxygens (including phenoxy) is 2. The zero-order valence-electron chi connectivity index (χ0n) is 17.0. The van der Waals surface area contributed by atoms with Crippen molar-refractivity contribution < 1.29 is 14.3 Å². The summed E-state index contributed by atoms with van der Waals surface area (Å²) in [6, 6.07) is 24.6. The van der Waals surface area contributed by atoms with E-state index in [9.17, 15) is 4.79 Å². The van der Waals surface area contributed by atoms with Gasteiger partial charge in [0.05, 0.1) is 13.2 Å². The first-order chi connectivity index (χ1) is 14.1. The topological polar surface area (TPSA) is 50.8 Å². The summed E-state index contributed by atoms with van der Waals surface area (Å²) in [6.45, 7) is 0.488. The van der Waals surface area contributed by atoms with E-state index in [1.807, 2.05) is 80.8 Å². The minimum Gasteiger partial charge on any atom is -0.497 e. The highest BCUT2D eigenvalue weighted by molar-refractivity contribution is 5.94. The van der Waals surface area contributed by atoms with Gasteiger partial charge < -0.3 is 19.7 Å². The number of carbonyl (C=O) groups excluding carboxylic acids is 1. The molecule has 0 spiro atoms. The van der Waals surface area contributed by atoms with Crippen molar-refractivity contribution in [1.82, 2.24) is 10.2 Å². The molecular formula is C24H26N2O3. The number of benzene rings is 3. The number of nitrogens with zero attached hydrogens (tertiary/aromatic N) is 1. The maximum absolute atomic E-state index is 12.7. The van der Waals surface area contributed by atoms with Gasteiger partial charge in [-0.25, -0.2) is 0 Å². The Kier molecular flexibility index (Phi) is 6.87. The van der Waals surface area contributed by atoms with E-state index < -0.39 is 0 Å². The lowest BCUT2D eigenvalue weighted by Crippen LogP contribution is -2.34. The van der Waals surface area contributed by atoms with Crippen molar-refractivity contribution in [3.63, 3.8) is 0 Å². The zero-order chi connectivity index (χ0) is 20.6. The first-order valence-corrected chi connectivity index (χ1v) is 9.48. The normalized spacial score (nSPS) is 11.7. The van der Waals surface area contributed by atoms with Crippen LogP contribution >= 0.6 is 0 Å². The average molecular weight is 390 g/mol. The van der Waals surface area contributed by atoms with E-state index in [1.54, 1.807) is 19.2 Å². The SMILES string of the molecule is COc1ccc(C(CNC(=O)c2cccc(Oc3ccccc3)c2)N(C)C)cc1. The smallest absolute Gasteiger partial charge is 0.251 e. The van der Waals surface area contributed by atoms with Gasteiger partial charge in [-0.3, -0.25) is 4.79 Å². The van der Waals surface area contributed by atoms with Gasteiger partial charge in [0, 0.05) is 12.1 Å². The third-order valence-corrected chi connectivity index (χ3v) is 4.66. The maximum atomic E-state index is 12.7. The molecule has 0 aliphatic heterocycles. The van der Waals surface area contributed by atoms with E-state index >= 15 is 0 Å². The molecule has 1 unspecified atom stereocenters. The minimum absolute atomic E-state index is 0.0496. The fraction of sp³-hybridized carbons (Fsp3) is 0.208. The predicted molar refractivity (Wildman–Crippen MR) is 115 cm³/mol. The van der Waals surface area contributed by atoms with Crippen molar-refractivity contribution >= 4 is 5.91 Å². The van der Waals surface area contributed by atoms with Gasteiger partial charge in [0.1, 0.15) is 17.2 Å². The lowest BCUT2D eigenvalue weighted by atomic mass is 10.1. The summed E-state index contributed by atoms with van der Waals surface area (Å²) in [4.78, 5) is 14.8. The third-order valence-electron chi connectivity index (χ3n) is 4.66. The fourth-order valence-corrected chi connectivity index (χ4v) is 3.04. The molecule has 1 atom stereocenters. The van der Waals surface area contributed by atoms with Gasteiger partial charge in [0.15, 0.2) is 0 Å². The van der Waals surface area contributed by atoms with E-state index in [2.05, 4.69) is 10.2 Å². The molecular weight excluding hydrogens is 364 g/mol. The molecule has 0 fully saturated rings. The first kappa shape index (κ1) is 20.4. The molecule has 0 aromatic heterocycles. The van der Waals surface area contributed by atoms with Gasteiger partial charge in [-0.1, -0.05) is 36.4 Å². The second kappa shape index (κ2) is 9.75. The second-order valence-corrected chi connectivity index (χ2v) is 6.91. The lowest BCUT2D eigenvalue weighted by Gasteiger charge is -2.25. The summed E-state index contributed by atoms with van der Waals surface area (Å²) < 4.78 is 11.0. The van der Waals surface area contributed by atoms with Gasteiger partial charge in [0.25, 0.3) is 5.91 Å². The first-order valence-electron chi connectivity index (χ1n) is 9.48. The molecule has 1 amide bonds. The molecule has 29 heavy (non-hydrogen) atoms. The third kappa shape index (κ3) is 5.59. The molecule has 3 aromatic carbocycles. The van der Waals surface area contributed by atoms with Crippen LogP contribution in [0.3, 0.4) is 0 Å². The van der Waals surface area contributed by atoms with Crippen LogP contribution in [0.2, 0.25) is 0 Å². The van der Waals surface area contributed by atoms with Crippen LogP contribution in [-0.4, -0.2) is 38.6 Å². The quantitative estimate of drug-likeness (QED) is 0.614. The lowest BCUT2D eigenvalue weighted by molar-refractivity contribution is 0.0941. The summed E-state index contributed by atoms with van der Waals surface area (Å²) >= 11 is 0. The number of amides is 1. The van der Waals surface area contributed by atoms with Gasteiger partial charge in [-0.2, -0.15) is 0 Å². The van der Waals surface area contributed by atoms with Gasteiger partial charge in [-0.05, 0) is 62.1 Å². The van der Waals surface area contributed by atoms with Crippen molar-refractivity contribution in [2.24, 2.45) is 0 Å². The molecule has 0 radical (unpaired) electrons. The maximum Gasteiger partial charge on any atom is 0.251 e. The Morgan fingerprint density at radius 1 is 0.897 bits per heavy atom. The van der Waals surface area contributed by atoms with Crippen molar-refractivity contribution in [2.45, 2.75) is 6.04 Å². The van der Waals surface area contributed by atoms with Gasteiger partial charge >= 0.3 is 0 Å². The van der Waals surface area contributed by atoms with E-state index in [0.717, 1.165) is 17.1 Å². The van der Waals surface area contributed by atoms with Crippen LogP contribution in [0.1, 0.15) is 22.0 Å². The highest BCUT2D eigenvalue weighted by Crippen LogP contribution is 2.23. The Hall–Kier alpha value is -3.31. The van der Waals surface area contributed by atoms with Crippen molar-refractivity contribution in [3.05, 3.63) is 90.0 Å². The van der Waals surface area contributed by atoms with Crippen molar-refractivity contribution in [2.75, 3.05) is 27.7 Å². The van der Waals surface area contributed by atoms with Crippen molar-refractivity contribution in [3.8, 4) is 17.2 Å². The Bertz CT molecular complexity index is 924. The summed E-state index contributed by atoms with van der Waals surface area (Å²) in [6.07, 6.45) is 0. The highest BCUT2D eigenvalue weighted by atomic mass is 16.5. The molecule has 5 nitrogen and oxygen atoms in total. The molecule has 1 N–H and O–H groups in total. The van der Waals surface area contributed by atoms with E-state index in [-0.39, 0.29) is 11.9 Å². The Balaban J connectivity index is 1.66. The minimum atomic E-state index is -0.135. The second-order valence-electron chi connectivity index (χ2n) is 6.91. The average Bonchev–Trinajstić information content (AvgIpc) is 2.75. The molecule has 150 valence electrons. The van der Waals surface area contributed by atoms with Crippen LogP contribution in [0.5, 0.6) is 17.2 Å². The summed E-state index contributed by atoms with van der Waals surface area (Å²) in [5.74, 6) is 2.04. The Morgan fingerprint density at radius 3 is 2.24 bits per heavy atom. The largest absolute Gasteiger partial charge is 0.497 e. The summed E-state index contributed by atoms with van der Waals surface area (Å²) in [7, 11) is 5.64. The highest BCUT2D eigenvalue weighted by Gasteiger charge is 2.16. The van der Waals surface area contributed by atoms with Crippen LogP contribution < -0.4 is 14.8 Å². The number of hydrogen-bond acceptors (Lipinski definition) is 4. The monoisotopic (exact) mass is 390 g/mol. The standard InChI is InChI=1S/C24H26N2O3/c1-26(2)23(18-12-14-20(28-3)15-13-18)17-25-24(27)19-8-7-11-22(16-19)29-21-9-5-4-6-10-21/h4-16,23H,17H2,1-3H3,(H,25,27). The number of methoxy groups -OCH3 is 1. The van der Waals surface area contributed by atoms with Crippen LogP contribution in [0.25, 0.3) is 0 Å². The molecule has 3 aromatic rings. The molecule has 0 saturated carbocycles. The number of carbonyl (C=O) groups is 1. The number of rotatable bonds is 8. The summed E-state index contributed by atoms with van der Waals surface area (Å²) in [5.41, 5.74) is 1.67. The van der Waals surface area contributed by atoms with Gasteiger partial charge in [0.2, 0.25) is 0 Å². The van der Waals surface area contributed by atoms with Crippen LogP contribution in [0, 0.1) is 0 Å². The summed E-state index contributed by atoms with van der Waals surface area (Å²) in [5, 5.41) is 3.03. The molecule has 3 rings (SSSR count). The van der Waals surface area contributed by atoms with Crippen molar-refractivity contribution in [1.29, 1.82) is 0 Å². The molecule has 0 aliphatic rings. The molecule has 0 saturated heterocycles. The van der Waals surface area contributed by atoms with Crippen LogP contribution in [0.4, 0.5) is 0 Å². The number of hydrogen-bond donors (Lipinski definition) is 1. The molecule has 0 heterocycles. The Morgan fingerprint density at radius 2 is 1.59 bits per heavy atom. The fourth-order valence-electron chi connectivity index (χ4n) is 3.04.